The Morgan fingerprint density at radius 2 is 2.04 bits per heavy atom. The van der Waals surface area contributed by atoms with Crippen molar-refractivity contribution in [2.24, 2.45) is 0 Å². The van der Waals surface area contributed by atoms with Crippen molar-refractivity contribution in [2.45, 2.75) is 49.3 Å². The van der Waals surface area contributed by atoms with Crippen molar-refractivity contribution in [1.29, 1.82) is 0 Å². The van der Waals surface area contributed by atoms with Gasteiger partial charge >= 0.3 is 0 Å². The standard InChI is InChI=1S/C22H25N3OS/c1-2-19-7-3-6-14-25(19)22(26)17-9-11-20(12-10-17)27-16-18-15-24-13-5-4-8-21(24)23-18/h4-5,8-13,15,19H,2-3,6-7,14,16H2,1H3. The fourth-order valence-electron chi connectivity index (χ4n) is 3.77. The van der Waals surface area contributed by atoms with Crippen LogP contribution in [-0.2, 0) is 5.75 Å². The Hall–Kier alpha value is -2.27. The van der Waals surface area contributed by atoms with Crippen molar-refractivity contribution < 1.29 is 4.79 Å². The van der Waals surface area contributed by atoms with Gasteiger partial charge in [0.2, 0.25) is 0 Å². The maximum Gasteiger partial charge on any atom is 0.254 e. The number of carbonyl (C=O) groups is 1. The maximum atomic E-state index is 12.9. The van der Waals surface area contributed by atoms with E-state index in [0.717, 1.165) is 53.4 Å². The molecule has 27 heavy (non-hydrogen) atoms. The first-order valence-electron chi connectivity index (χ1n) is 9.71. The average Bonchev–Trinajstić information content (AvgIpc) is 3.15. The number of pyridine rings is 1. The van der Waals surface area contributed by atoms with Gasteiger partial charge in [-0.2, -0.15) is 0 Å². The average molecular weight is 380 g/mol. The summed E-state index contributed by atoms with van der Waals surface area (Å²) in [4.78, 5) is 20.7. The van der Waals surface area contributed by atoms with E-state index in [-0.39, 0.29) is 5.91 Å². The summed E-state index contributed by atoms with van der Waals surface area (Å²) in [6.07, 6.45) is 8.62. The highest BCUT2D eigenvalue weighted by Gasteiger charge is 2.25. The van der Waals surface area contributed by atoms with Crippen LogP contribution in [0.5, 0.6) is 0 Å². The number of carbonyl (C=O) groups excluding carboxylic acids is 1. The smallest absolute Gasteiger partial charge is 0.254 e. The highest BCUT2D eigenvalue weighted by atomic mass is 32.2. The molecule has 1 amide bonds. The summed E-state index contributed by atoms with van der Waals surface area (Å²) >= 11 is 1.75. The topological polar surface area (TPSA) is 37.6 Å². The van der Waals surface area contributed by atoms with Crippen LogP contribution in [0, 0.1) is 0 Å². The monoisotopic (exact) mass is 379 g/mol. The number of thioether (sulfide) groups is 1. The number of benzene rings is 1. The molecular weight excluding hydrogens is 354 g/mol. The van der Waals surface area contributed by atoms with Gasteiger partial charge in [-0.05, 0) is 62.1 Å². The minimum absolute atomic E-state index is 0.179. The first-order chi connectivity index (χ1) is 13.2. The quantitative estimate of drug-likeness (QED) is 0.584. The first-order valence-corrected chi connectivity index (χ1v) is 10.7. The molecule has 4 rings (SSSR count). The number of imidazole rings is 1. The number of aromatic nitrogens is 2. The molecule has 1 aromatic carbocycles. The van der Waals surface area contributed by atoms with Gasteiger partial charge in [0.15, 0.2) is 0 Å². The van der Waals surface area contributed by atoms with E-state index in [4.69, 9.17) is 0 Å². The minimum Gasteiger partial charge on any atom is -0.336 e. The second kappa shape index (κ2) is 8.17. The number of amides is 1. The second-order valence-corrected chi connectivity index (χ2v) is 8.12. The number of rotatable bonds is 5. The van der Waals surface area contributed by atoms with Gasteiger partial charge in [0.1, 0.15) is 5.65 Å². The van der Waals surface area contributed by atoms with Crippen molar-refractivity contribution in [1.82, 2.24) is 14.3 Å². The Bertz CT molecular complexity index is 886. The Kier molecular flexibility index (Phi) is 5.48. The summed E-state index contributed by atoms with van der Waals surface area (Å²) < 4.78 is 2.04. The zero-order valence-corrected chi connectivity index (χ0v) is 16.5. The van der Waals surface area contributed by atoms with Crippen LogP contribution in [0.4, 0.5) is 0 Å². The molecule has 3 heterocycles. The van der Waals surface area contributed by atoms with Crippen molar-refractivity contribution in [3.63, 3.8) is 0 Å². The largest absolute Gasteiger partial charge is 0.336 e. The number of likely N-dealkylation sites (tertiary alicyclic amines) is 1. The van der Waals surface area contributed by atoms with E-state index >= 15 is 0 Å². The lowest BCUT2D eigenvalue weighted by molar-refractivity contribution is 0.0608. The van der Waals surface area contributed by atoms with Gasteiger partial charge in [-0.1, -0.05) is 13.0 Å². The summed E-state index contributed by atoms with van der Waals surface area (Å²) in [5, 5.41) is 0. The highest BCUT2D eigenvalue weighted by Crippen LogP contribution is 2.25. The van der Waals surface area contributed by atoms with Crippen molar-refractivity contribution >= 4 is 23.3 Å². The minimum atomic E-state index is 0.179. The molecule has 3 aromatic rings. The molecule has 5 heteroatoms. The molecule has 4 nitrogen and oxygen atoms in total. The van der Waals surface area contributed by atoms with Crippen LogP contribution in [0.25, 0.3) is 5.65 Å². The van der Waals surface area contributed by atoms with E-state index in [1.54, 1.807) is 11.8 Å². The van der Waals surface area contributed by atoms with E-state index < -0.39 is 0 Å². The predicted octanol–water partition coefficient (Wildman–Crippen LogP) is 5.03. The van der Waals surface area contributed by atoms with Crippen LogP contribution in [0.15, 0.2) is 59.8 Å². The Morgan fingerprint density at radius 3 is 2.81 bits per heavy atom. The lowest BCUT2D eigenvalue weighted by Gasteiger charge is -2.35. The molecule has 1 aliphatic rings. The van der Waals surface area contributed by atoms with Crippen LogP contribution < -0.4 is 0 Å². The molecule has 0 radical (unpaired) electrons. The number of fused-ring (bicyclic) bond motifs is 1. The molecule has 0 N–H and O–H groups in total. The van der Waals surface area contributed by atoms with Crippen LogP contribution >= 0.6 is 11.8 Å². The van der Waals surface area contributed by atoms with Crippen molar-refractivity contribution in [2.75, 3.05) is 6.54 Å². The van der Waals surface area contributed by atoms with E-state index in [9.17, 15) is 4.79 Å². The maximum absolute atomic E-state index is 12.9. The Morgan fingerprint density at radius 1 is 1.19 bits per heavy atom. The van der Waals surface area contributed by atoms with Gasteiger partial charge in [0.05, 0.1) is 5.69 Å². The van der Waals surface area contributed by atoms with E-state index in [1.165, 1.54) is 6.42 Å². The molecule has 0 aliphatic carbocycles. The molecule has 1 fully saturated rings. The van der Waals surface area contributed by atoms with Gasteiger partial charge in [-0.25, -0.2) is 4.98 Å². The molecule has 0 spiro atoms. The third kappa shape index (κ3) is 4.03. The zero-order valence-electron chi connectivity index (χ0n) is 15.7. The summed E-state index contributed by atoms with van der Waals surface area (Å²) in [6.45, 7) is 3.07. The number of hydrogen-bond donors (Lipinski definition) is 0. The summed E-state index contributed by atoms with van der Waals surface area (Å²) in [6, 6.07) is 14.5. The van der Waals surface area contributed by atoms with Gasteiger partial charge in [0, 0.05) is 41.2 Å². The van der Waals surface area contributed by atoms with E-state index in [1.807, 2.05) is 40.9 Å². The van der Waals surface area contributed by atoms with E-state index in [0.29, 0.717) is 6.04 Å². The lowest BCUT2D eigenvalue weighted by atomic mass is 9.99. The fraction of sp³-hybridized carbons (Fsp3) is 0.364. The van der Waals surface area contributed by atoms with Crippen LogP contribution in [0.3, 0.4) is 0 Å². The molecular formula is C22H25N3OS. The van der Waals surface area contributed by atoms with Gasteiger partial charge < -0.3 is 9.30 Å². The molecule has 1 atom stereocenters. The third-order valence-corrected chi connectivity index (χ3v) is 6.31. The summed E-state index contributed by atoms with van der Waals surface area (Å²) in [7, 11) is 0. The van der Waals surface area contributed by atoms with Crippen molar-refractivity contribution in [3.8, 4) is 0 Å². The first kappa shape index (κ1) is 18.1. The summed E-state index contributed by atoms with van der Waals surface area (Å²) in [5.41, 5.74) is 2.83. The SMILES string of the molecule is CCC1CCCCN1C(=O)c1ccc(SCc2cn3ccccc3n2)cc1. The van der Waals surface area contributed by atoms with Gasteiger partial charge in [-0.15, -0.1) is 11.8 Å². The molecule has 1 aliphatic heterocycles. The van der Waals surface area contributed by atoms with Crippen LogP contribution in [0.1, 0.15) is 48.7 Å². The lowest BCUT2D eigenvalue weighted by Crippen LogP contribution is -2.43. The van der Waals surface area contributed by atoms with Gasteiger partial charge in [-0.3, -0.25) is 4.79 Å². The molecule has 0 saturated carbocycles. The van der Waals surface area contributed by atoms with Crippen LogP contribution in [-0.4, -0.2) is 32.8 Å². The Balaban J connectivity index is 1.40. The third-order valence-electron chi connectivity index (χ3n) is 5.26. The zero-order chi connectivity index (χ0) is 18.6. The molecule has 0 bridgehead atoms. The highest BCUT2D eigenvalue weighted by molar-refractivity contribution is 7.98. The fourth-order valence-corrected chi connectivity index (χ4v) is 4.55. The molecule has 2 aromatic heterocycles. The number of hydrogen-bond acceptors (Lipinski definition) is 3. The summed E-state index contributed by atoms with van der Waals surface area (Å²) in [5.74, 6) is 0.998. The molecule has 1 saturated heterocycles. The number of nitrogens with zero attached hydrogens (tertiary/aromatic N) is 3. The van der Waals surface area contributed by atoms with Crippen LogP contribution in [0.2, 0.25) is 0 Å². The Labute approximate surface area is 164 Å². The van der Waals surface area contributed by atoms with Crippen molar-refractivity contribution in [3.05, 3.63) is 66.1 Å². The predicted molar refractivity (Wildman–Crippen MR) is 110 cm³/mol. The van der Waals surface area contributed by atoms with E-state index in [2.05, 4.69) is 35.1 Å². The molecule has 1 unspecified atom stereocenters. The molecule has 140 valence electrons. The second-order valence-electron chi connectivity index (χ2n) is 7.07. The number of piperidine rings is 1. The van der Waals surface area contributed by atoms with Gasteiger partial charge in [0.25, 0.3) is 5.91 Å². The normalized spacial score (nSPS) is 17.4.